The highest BCUT2D eigenvalue weighted by Gasteiger charge is 2.18. The summed E-state index contributed by atoms with van der Waals surface area (Å²) in [6.45, 7) is -0.154. The fraction of sp³-hybridized carbons (Fsp3) is 0.130. The van der Waals surface area contributed by atoms with Gasteiger partial charge in [0.2, 0.25) is 0 Å². The molecule has 3 aromatic rings. The van der Waals surface area contributed by atoms with Crippen LogP contribution in [0.4, 0.5) is 21.0 Å². The van der Waals surface area contributed by atoms with Crippen molar-refractivity contribution < 1.29 is 23.8 Å². The molecule has 0 radical (unpaired) electrons. The first-order valence-electron chi connectivity index (χ1n) is 9.38. The van der Waals surface area contributed by atoms with E-state index < -0.39 is 18.3 Å². The summed E-state index contributed by atoms with van der Waals surface area (Å²) in [6.07, 6.45) is -2.14. The Morgan fingerprint density at radius 3 is 1.73 bits per heavy atom. The van der Waals surface area contributed by atoms with Gasteiger partial charge >= 0.3 is 12.2 Å². The van der Waals surface area contributed by atoms with Crippen molar-refractivity contribution in [2.75, 3.05) is 23.8 Å². The van der Waals surface area contributed by atoms with Crippen LogP contribution in [0.3, 0.4) is 0 Å². The number of para-hydroxylation sites is 3. The molecule has 0 unspecified atom stereocenters. The minimum Gasteiger partial charge on any atom is -0.490 e. The summed E-state index contributed by atoms with van der Waals surface area (Å²) in [5.41, 5.74) is 1.19. The SMILES string of the molecule is O=C(Nc1ccccc1)OC[C@@H](COc1ccccc1)OC(=O)Nc1ccccc1. The van der Waals surface area contributed by atoms with Gasteiger partial charge in [-0.1, -0.05) is 54.6 Å². The van der Waals surface area contributed by atoms with Crippen molar-refractivity contribution in [2.24, 2.45) is 0 Å². The molecule has 0 aromatic heterocycles. The van der Waals surface area contributed by atoms with Gasteiger partial charge in [-0.05, 0) is 36.4 Å². The van der Waals surface area contributed by atoms with Crippen molar-refractivity contribution in [2.45, 2.75) is 6.10 Å². The maximum atomic E-state index is 12.2. The van der Waals surface area contributed by atoms with Crippen molar-refractivity contribution in [1.29, 1.82) is 0 Å². The van der Waals surface area contributed by atoms with Gasteiger partial charge < -0.3 is 14.2 Å². The first-order chi connectivity index (χ1) is 14.7. The van der Waals surface area contributed by atoms with Gasteiger partial charge in [0.25, 0.3) is 0 Å². The minimum atomic E-state index is -0.810. The molecule has 30 heavy (non-hydrogen) atoms. The van der Waals surface area contributed by atoms with Crippen molar-refractivity contribution in [3.8, 4) is 5.75 Å². The topological polar surface area (TPSA) is 85.9 Å². The third-order valence-corrected chi connectivity index (χ3v) is 3.89. The molecular formula is C23H22N2O5. The van der Waals surface area contributed by atoms with Gasteiger partial charge in [-0.3, -0.25) is 10.6 Å². The summed E-state index contributed by atoms with van der Waals surface area (Å²) in [6, 6.07) is 26.9. The lowest BCUT2D eigenvalue weighted by molar-refractivity contribution is 0.0290. The molecule has 154 valence electrons. The second-order valence-corrected chi connectivity index (χ2v) is 6.23. The third-order valence-electron chi connectivity index (χ3n) is 3.89. The molecule has 0 aliphatic carbocycles. The molecule has 0 saturated carbocycles. The molecule has 2 amide bonds. The number of hydrogen-bond donors (Lipinski definition) is 2. The van der Waals surface area contributed by atoms with Crippen molar-refractivity contribution >= 4 is 23.6 Å². The van der Waals surface area contributed by atoms with E-state index in [1.165, 1.54) is 0 Å². The second kappa shape index (κ2) is 11.1. The maximum Gasteiger partial charge on any atom is 0.412 e. The summed E-state index contributed by atoms with van der Waals surface area (Å²) >= 11 is 0. The number of anilines is 2. The van der Waals surface area contributed by atoms with Crippen LogP contribution in [0, 0.1) is 0 Å². The molecule has 2 N–H and O–H groups in total. The van der Waals surface area contributed by atoms with Crippen LogP contribution in [0.15, 0.2) is 91.0 Å². The molecule has 0 fully saturated rings. The molecule has 1 atom stereocenters. The Morgan fingerprint density at radius 1 is 0.667 bits per heavy atom. The predicted octanol–water partition coefficient (Wildman–Crippen LogP) is 4.93. The molecule has 7 heteroatoms. The summed E-state index contributed by atoms with van der Waals surface area (Å²) < 4.78 is 16.3. The Labute approximate surface area is 174 Å². The lowest BCUT2D eigenvalue weighted by atomic mass is 10.3. The maximum absolute atomic E-state index is 12.2. The van der Waals surface area contributed by atoms with E-state index in [0.717, 1.165) is 0 Å². The number of nitrogens with one attached hydrogen (secondary N) is 2. The first-order valence-corrected chi connectivity index (χ1v) is 9.38. The third kappa shape index (κ3) is 7.20. The normalized spacial score (nSPS) is 11.1. The van der Waals surface area contributed by atoms with Crippen LogP contribution in [0.5, 0.6) is 5.75 Å². The fourth-order valence-corrected chi connectivity index (χ4v) is 2.49. The van der Waals surface area contributed by atoms with Crippen LogP contribution >= 0.6 is 0 Å². The van der Waals surface area contributed by atoms with Gasteiger partial charge in [0.05, 0.1) is 0 Å². The number of carbonyl (C=O) groups excluding carboxylic acids is 2. The van der Waals surface area contributed by atoms with E-state index in [1.54, 1.807) is 60.7 Å². The molecule has 3 aromatic carbocycles. The van der Waals surface area contributed by atoms with Crippen LogP contribution in [0.25, 0.3) is 0 Å². The van der Waals surface area contributed by atoms with E-state index in [1.807, 2.05) is 30.3 Å². The van der Waals surface area contributed by atoms with Crippen molar-refractivity contribution in [3.63, 3.8) is 0 Å². The van der Waals surface area contributed by atoms with Crippen LogP contribution in [0.1, 0.15) is 0 Å². The van der Waals surface area contributed by atoms with Gasteiger partial charge in [0, 0.05) is 11.4 Å². The zero-order chi connectivity index (χ0) is 21.0. The van der Waals surface area contributed by atoms with Crippen LogP contribution in [-0.4, -0.2) is 31.5 Å². The summed E-state index contributed by atoms with van der Waals surface area (Å²) in [5.74, 6) is 0.614. The number of amides is 2. The number of rotatable bonds is 8. The van der Waals surface area contributed by atoms with Gasteiger partial charge in [0.15, 0.2) is 6.10 Å². The van der Waals surface area contributed by atoms with E-state index in [2.05, 4.69) is 10.6 Å². The summed E-state index contributed by atoms with van der Waals surface area (Å²) in [5, 5.41) is 5.23. The smallest absolute Gasteiger partial charge is 0.412 e. The number of benzene rings is 3. The molecule has 0 saturated heterocycles. The van der Waals surface area contributed by atoms with Crippen LogP contribution in [0.2, 0.25) is 0 Å². The molecule has 0 aliphatic heterocycles. The van der Waals surface area contributed by atoms with E-state index in [-0.39, 0.29) is 13.2 Å². The Balaban J connectivity index is 1.55. The summed E-state index contributed by atoms with van der Waals surface area (Å²) in [7, 11) is 0. The van der Waals surface area contributed by atoms with Crippen molar-refractivity contribution in [3.05, 3.63) is 91.0 Å². The molecule has 7 nitrogen and oxygen atoms in total. The minimum absolute atomic E-state index is 0.0187. The van der Waals surface area contributed by atoms with Crippen LogP contribution < -0.4 is 15.4 Å². The van der Waals surface area contributed by atoms with Gasteiger partial charge in [0.1, 0.15) is 19.0 Å². The van der Waals surface area contributed by atoms with E-state index in [9.17, 15) is 9.59 Å². The van der Waals surface area contributed by atoms with E-state index >= 15 is 0 Å². The first kappa shape index (κ1) is 20.7. The predicted molar refractivity (Wildman–Crippen MR) is 114 cm³/mol. The number of ether oxygens (including phenoxy) is 3. The molecule has 0 aliphatic rings. The molecule has 3 rings (SSSR count). The second-order valence-electron chi connectivity index (χ2n) is 6.23. The highest BCUT2D eigenvalue weighted by molar-refractivity contribution is 5.85. The van der Waals surface area contributed by atoms with Crippen LogP contribution in [-0.2, 0) is 9.47 Å². The standard InChI is InChI=1S/C23H22N2O5/c26-22(24-18-10-4-1-5-11-18)29-17-21(16-28-20-14-8-3-9-15-20)30-23(27)25-19-12-6-2-7-13-19/h1-15,21H,16-17H2,(H,24,26)(H,25,27)/t21-/m1/s1. The molecule has 0 heterocycles. The lowest BCUT2D eigenvalue weighted by Crippen LogP contribution is -2.33. The van der Waals surface area contributed by atoms with Gasteiger partial charge in [-0.25, -0.2) is 9.59 Å². The zero-order valence-electron chi connectivity index (χ0n) is 16.2. The largest absolute Gasteiger partial charge is 0.490 e. The molecular weight excluding hydrogens is 384 g/mol. The summed E-state index contributed by atoms with van der Waals surface area (Å²) in [4.78, 5) is 24.3. The van der Waals surface area contributed by atoms with Crippen molar-refractivity contribution in [1.82, 2.24) is 0 Å². The Hall–Kier alpha value is -4.00. The molecule has 0 spiro atoms. The highest BCUT2D eigenvalue weighted by Crippen LogP contribution is 2.11. The lowest BCUT2D eigenvalue weighted by Gasteiger charge is -2.19. The Bertz CT molecular complexity index is 920. The number of carbonyl (C=O) groups is 2. The highest BCUT2D eigenvalue weighted by atomic mass is 16.6. The van der Waals surface area contributed by atoms with Gasteiger partial charge in [-0.2, -0.15) is 0 Å². The van der Waals surface area contributed by atoms with E-state index in [0.29, 0.717) is 17.1 Å². The fourth-order valence-electron chi connectivity index (χ4n) is 2.49. The Kier molecular flexibility index (Phi) is 7.68. The average Bonchev–Trinajstić information content (AvgIpc) is 2.77. The van der Waals surface area contributed by atoms with Gasteiger partial charge in [-0.15, -0.1) is 0 Å². The monoisotopic (exact) mass is 406 g/mol. The Morgan fingerprint density at radius 2 is 1.17 bits per heavy atom. The quantitative estimate of drug-likeness (QED) is 0.554. The number of hydrogen-bond acceptors (Lipinski definition) is 5. The zero-order valence-corrected chi connectivity index (χ0v) is 16.2. The average molecular weight is 406 g/mol. The van der Waals surface area contributed by atoms with E-state index in [4.69, 9.17) is 14.2 Å². The molecule has 0 bridgehead atoms.